The van der Waals surface area contributed by atoms with Gasteiger partial charge in [-0.1, -0.05) is 92.9 Å². The summed E-state index contributed by atoms with van der Waals surface area (Å²) in [6.07, 6.45) is 9.20. The molecule has 0 atom stereocenters. The lowest BCUT2D eigenvalue weighted by molar-refractivity contribution is 0.0909. The van der Waals surface area contributed by atoms with Crippen LogP contribution in [0.15, 0.2) is 86.0 Å². The van der Waals surface area contributed by atoms with E-state index in [-0.39, 0.29) is 47.3 Å². The molecular formula is C60H52N6O4. The van der Waals surface area contributed by atoms with Crippen LogP contribution >= 0.6 is 0 Å². The fourth-order valence-electron chi connectivity index (χ4n) is 10.6. The quantitative estimate of drug-likeness (QED) is 0.109. The lowest BCUT2D eigenvalue weighted by Gasteiger charge is -2.26. The van der Waals surface area contributed by atoms with Crippen molar-refractivity contribution in [2.75, 3.05) is 9.80 Å². The number of hydrogen-bond donors (Lipinski definition) is 0. The van der Waals surface area contributed by atoms with Crippen molar-refractivity contribution in [2.24, 2.45) is 0 Å². The van der Waals surface area contributed by atoms with Gasteiger partial charge in [0.05, 0.1) is 77.8 Å². The minimum Gasteiger partial charge on any atom is -0.268 e. The van der Waals surface area contributed by atoms with Crippen LogP contribution < -0.4 is 9.80 Å². The molecule has 0 saturated heterocycles. The van der Waals surface area contributed by atoms with Crippen molar-refractivity contribution in [2.45, 2.75) is 91.9 Å². The van der Waals surface area contributed by atoms with Crippen molar-refractivity contribution in [3.05, 3.63) is 164 Å². The number of fused-ring (bicyclic) bond motifs is 8. The molecule has 8 aromatic rings. The van der Waals surface area contributed by atoms with Gasteiger partial charge in [-0.2, -0.15) is 0 Å². The van der Waals surface area contributed by atoms with Crippen LogP contribution in [-0.2, 0) is 12.8 Å². The largest absolute Gasteiger partial charge is 0.268 e. The zero-order valence-electron chi connectivity index (χ0n) is 40.7. The molecule has 10 nitrogen and oxygen atoms in total. The standard InChI is InChI=1S/C60H52N6O4/c1-11-33-17-39(29(3)4)55(40(18-33)30(5)6)65-57(67)43-25-51-52(26-44(43)58(65)68)62-48-22-36-14-16-38-24-50-49(23-37(38)15-13-35(36)21-47(48)61-51)63-53-27-45-46(28-54(53)64-50)60(70)66(59(45)69)56-41(31(7)8)19-34(12-2)20-42(56)32(9)10/h11-13,15,17-32H,1-2,14,16H2,3-10H3. The fraction of sp³-hybridized carbons (Fsp3) is 0.233. The molecule has 70 heavy (non-hydrogen) atoms. The Morgan fingerprint density at radius 1 is 0.400 bits per heavy atom. The molecule has 6 aromatic carbocycles. The zero-order chi connectivity index (χ0) is 49.2. The highest BCUT2D eigenvalue weighted by atomic mass is 16.2. The van der Waals surface area contributed by atoms with Crippen LogP contribution in [0.25, 0.3) is 68.4 Å². The van der Waals surface area contributed by atoms with Crippen molar-refractivity contribution in [3.8, 4) is 0 Å². The van der Waals surface area contributed by atoms with Gasteiger partial charge in [-0.25, -0.2) is 29.7 Å². The number of rotatable bonds is 8. The molecule has 4 heterocycles. The highest BCUT2D eigenvalue weighted by Gasteiger charge is 2.42. The molecule has 0 radical (unpaired) electrons. The van der Waals surface area contributed by atoms with E-state index in [9.17, 15) is 19.2 Å². The van der Waals surface area contributed by atoms with Gasteiger partial charge in [-0.15, -0.1) is 0 Å². The van der Waals surface area contributed by atoms with E-state index >= 15 is 0 Å². The normalized spacial score (nSPS) is 14.5. The Kier molecular flexibility index (Phi) is 10.4. The highest BCUT2D eigenvalue weighted by Crippen LogP contribution is 2.44. The van der Waals surface area contributed by atoms with Gasteiger partial charge in [0.2, 0.25) is 0 Å². The van der Waals surface area contributed by atoms with Crippen LogP contribution in [-0.4, -0.2) is 43.6 Å². The van der Waals surface area contributed by atoms with Gasteiger partial charge >= 0.3 is 0 Å². The number of aromatic nitrogens is 4. The number of imide groups is 2. The first-order valence-electron chi connectivity index (χ1n) is 24.2. The van der Waals surface area contributed by atoms with Crippen LogP contribution in [0, 0.1) is 0 Å². The van der Waals surface area contributed by atoms with Gasteiger partial charge in [0.25, 0.3) is 23.6 Å². The number of hydrogen-bond acceptors (Lipinski definition) is 8. The monoisotopic (exact) mass is 920 g/mol. The van der Waals surface area contributed by atoms with E-state index in [1.807, 2.05) is 36.4 Å². The van der Waals surface area contributed by atoms with Gasteiger partial charge in [-0.3, -0.25) is 19.2 Å². The number of carbonyl (C=O) groups is 4. The van der Waals surface area contributed by atoms with E-state index < -0.39 is 0 Å². The summed E-state index contributed by atoms with van der Waals surface area (Å²) in [4.78, 5) is 80.1. The molecular weight excluding hydrogens is 869 g/mol. The summed E-state index contributed by atoms with van der Waals surface area (Å²) in [6, 6.07) is 23.2. The summed E-state index contributed by atoms with van der Waals surface area (Å²) in [5, 5.41) is 0. The van der Waals surface area contributed by atoms with E-state index in [1.54, 1.807) is 36.4 Å². The smallest absolute Gasteiger partial charge is 0.266 e. The Bertz CT molecular complexity index is 3460. The second-order valence-corrected chi connectivity index (χ2v) is 20.1. The van der Waals surface area contributed by atoms with Crippen LogP contribution in [0.3, 0.4) is 0 Å². The lowest BCUT2D eigenvalue weighted by Crippen LogP contribution is -2.32. The first-order valence-corrected chi connectivity index (χ1v) is 24.2. The fourth-order valence-corrected chi connectivity index (χ4v) is 10.6. The van der Waals surface area contributed by atoms with Crippen LogP contribution in [0.1, 0.15) is 176 Å². The van der Waals surface area contributed by atoms with Gasteiger partial charge < -0.3 is 0 Å². The van der Waals surface area contributed by atoms with Crippen molar-refractivity contribution in [3.63, 3.8) is 0 Å². The van der Waals surface area contributed by atoms with E-state index in [4.69, 9.17) is 19.9 Å². The third-order valence-electron chi connectivity index (χ3n) is 14.3. The Hall–Kier alpha value is -7.98. The molecule has 3 aliphatic rings. The Labute approximate surface area is 406 Å². The molecule has 0 N–H and O–H groups in total. The maximum atomic E-state index is 14.3. The molecule has 10 heteroatoms. The van der Waals surface area contributed by atoms with Gasteiger partial charge in [0.15, 0.2) is 0 Å². The van der Waals surface area contributed by atoms with Gasteiger partial charge in [-0.05, 0) is 165 Å². The average Bonchev–Trinajstić information content (AvgIpc) is 3.71. The second-order valence-electron chi connectivity index (χ2n) is 20.1. The predicted octanol–water partition coefficient (Wildman–Crippen LogP) is 13.5. The molecule has 0 spiro atoms. The third-order valence-corrected chi connectivity index (χ3v) is 14.3. The maximum absolute atomic E-state index is 14.3. The van der Waals surface area contributed by atoms with E-state index in [0.29, 0.717) is 90.6 Å². The number of amides is 4. The predicted molar refractivity (Wildman–Crippen MR) is 282 cm³/mol. The number of anilines is 2. The van der Waals surface area contributed by atoms with Crippen molar-refractivity contribution in [1.82, 2.24) is 19.9 Å². The van der Waals surface area contributed by atoms with Crippen molar-refractivity contribution in [1.29, 1.82) is 0 Å². The average molecular weight is 921 g/mol. The Morgan fingerprint density at radius 3 is 0.914 bits per heavy atom. The molecule has 1 aliphatic carbocycles. The van der Waals surface area contributed by atoms with E-state index in [1.165, 1.54) is 9.80 Å². The topological polar surface area (TPSA) is 126 Å². The highest BCUT2D eigenvalue weighted by molar-refractivity contribution is 6.37. The van der Waals surface area contributed by atoms with Gasteiger partial charge in [0, 0.05) is 0 Å². The van der Waals surface area contributed by atoms with Crippen LogP contribution in [0.2, 0.25) is 0 Å². The Balaban J connectivity index is 0.933. The SMILES string of the molecule is C=Cc1cc(C(C)C)c(N2C(=O)c3cc4nc5cc6c(cc5nc4cc3C2=O)CCc2cc3nc4cc5c(cc4nc3cc2C=C6)C(=O)N(c2c(C(C)C)cc(C=C)cc2C(C)C)C5=O)c(C(C)C)c1. The molecule has 4 amide bonds. The molecule has 2 aromatic heterocycles. The number of aryl methyl sites for hydroxylation is 2. The molecule has 0 saturated carbocycles. The molecule has 0 bridgehead atoms. The summed E-state index contributed by atoms with van der Waals surface area (Å²) < 4.78 is 0. The molecule has 2 aliphatic heterocycles. The number of carbonyl (C=O) groups excluding carboxylic acids is 4. The van der Waals surface area contributed by atoms with Crippen LogP contribution in [0.5, 0.6) is 0 Å². The molecule has 0 fully saturated rings. The number of nitrogens with zero attached hydrogens (tertiary/aromatic N) is 6. The summed E-state index contributed by atoms with van der Waals surface area (Å²) in [7, 11) is 0. The Morgan fingerprint density at radius 2 is 0.657 bits per heavy atom. The zero-order valence-corrected chi connectivity index (χ0v) is 40.7. The first-order chi connectivity index (χ1) is 33.5. The summed E-state index contributed by atoms with van der Waals surface area (Å²) >= 11 is 0. The summed E-state index contributed by atoms with van der Waals surface area (Å²) in [5.74, 6) is -1.25. The lowest BCUT2D eigenvalue weighted by atomic mass is 9.89. The van der Waals surface area contributed by atoms with Crippen LogP contribution in [0.4, 0.5) is 11.4 Å². The summed E-state index contributed by atoms with van der Waals surface area (Å²) in [5.41, 5.74) is 17.2. The van der Waals surface area contributed by atoms with Gasteiger partial charge in [0.1, 0.15) is 0 Å². The molecule has 0 unspecified atom stereocenters. The number of benzene rings is 6. The van der Waals surface area contributed by atoms with Crippen molar-refractivity contribution < 1.29 is 19.2 Å². The summed E-state index contributed by atoms with van der Waals surface area (Å²) in [6.45, 7) is 24.5. The van der Waals surface area contributed by atoms with Crippen molar-refractivity contribution >= 4 is 103 Å². The second kappa shape index (κ2) is 16.3. The minimum atomic E-state index is -0.366. The molecule has 346 valence electrons. The van der Waals surface area contributed by atoms with E-state index in [0.717, 1.165) is 55.6 Å². The van der Waals surface area contributed by atoms with E-state index in [2.05, 4.69) is 92.8 Å². The minimum absolute atomic E-state index is 0.0532. The molecule has 11 rings (SSSR count). The maximum Gasteiger partial charge on any atom is 0.266 e. The first kappa shape index (κ1) is 44.5. The third kappa shape index (κ3) is 6.90.